The monoisotopic (exact) mass is 560 g/mol. The maximum atomic E-state index is 13.7. The fourth-order valence-electron chi connectivity index (χ4n) is 6.36. The lowest BCUT2D eigenvalue weighted by Gasteiger charge is -2.32. The number of fused-ring (bicyclic) bond motifs is 1. The number of carboxylic acids is 1. The van der Waals surface area contributed by atoms with Crippen LogP contribution in [0.2, 0.25) is 0 Å². The van der Waals surface area contributed by atoms with Gasteiger partial charge in [-0.1, -0.05) is 54.6 Å². The molecule has 3 aliphatic rings. The van der Waals surface area contributed by atoms with Crippen LogP contribution in [0.4, 0.5) is 0 Å². The van der Waals surface area contributed by atoms with E-state index >= 15 is 0 Å². The third-order valence-corrected chi connectivity index (χ3v) is 8.91. The van der Waals surface area contributed by atoms with Gasteiger partial charge < -0.3 is 15.3 Å². The van der Waals surface area contributed by atoms with Crippen LogP contribution in [-0.2, 0) is 24.3 Å². The normalized spacial score (nSPS) is 19.2. The summed E-state index contributed by atoms with van der Waals surface area (Å²) in [6.45, 7) is 1.33. The van der Waals surface area contributed by atoms with E-state index < -0.39 is 5.97 Å². The molecule has 42 heavy (non-hydrogen) atoms. The Hall–Kier alpha value is -4.72. The fourth-order valence-corrected chi connectivity index (χ4v) is 6.36. The second-order valence-electron chi connectivity index (χ2n) is 11.6. The highest BCUT2D eigenvalue weighted by atomic mass is 16.4. The maximum absolute atomic E-state index is 13.7. The standard InChI is InChI=1S/C34H32N4O4/c39-32(28-16-27(28)20-5-2-1-3-6-20)35-17-24-11-12-25(22-7-4-8-23(15-22)34(41)42)26-13-14-38(19-30(24)26)33(40)29-18-36-37-31(29)21-9-10-21/h1-8,11-12,15,18,21,27-28H,9-10,13-14,16-17,19H2,(H,35,39)(H,36,37)(H,41,42)/t27-,28-/m1/s1. The van der Waals surface area contributed by atoms with E-state index in [0.29, 0.717) is 37.5 Å². The summed E-state index contributed by atoms with van der Waals surface area (Å²) in [6.07, 6.45) is 5.26. The Kier molecular flexibility index (Phi) is 6.61. The van der Waals surface area contributed by atoms with Crippen molar-refractivity contribution in [1.29, 1.82) is 0 Å². The van der Waals surface area contributed by atoms with Crippen LogP contribution >= 0.6 is 0 Å². The molecular weight excluding hydrogens is 528 g/mol. The SMILES string of the molecule is O=C(O)c1cccc(-c2ccc(CNC(=O)[C@@H]3C[C@@H]3c3ccccc3)c3c2CCN(C(=O)c2cn[nH]c2C2CC2)C3)c1. The first kappa shape index (κ1) is 26.2. The van der Waals surface area contributed by atoms with Crippen LogP contribution in [0.1, 0.15) is 79.8 Å². The molecule has 7 rings (SSSR count). The van der Waals surface area contributed by atoms with Crippen LogP contribution in [0.5, 0.6) is 0 Å². The number of carbonyl (C=O) groups is 3. The van der Waals surface area contributed by atoms with Crippen LogP contribution in [0.15, 0.2) is 72.9 Å². The van der Waals surface area contributed by atoms with Gasteiger partial charge in [0.1, 0.15) is 0 Å². The number of hydrogen-bond donors (Lipinski definition) is 3. The molecule has 3 aromatic carbocycles. The number of hydrogen-bond acceptors (Lipinski definition) is 4. The fraction of sp³-hybridized carbons (Fsp3) is 0.294. The molecule has 8 nitrogen and oxygen atoms in total. The first-order valence-electron chi connectivity index (χ1n) is 14.6. The number of benzene rings is 3. The Morgan fingerprint density at radius 3 is 2.62 bits per heavy atom. The van der Waals surface area contributed by atoms with E-state index in [1.54, 1.807) is 24.4 Å². The molecule has 8 heteroatoms. The van der Waals surface area contributed by atoms with E-state index in [1.807, 2.05) is 41.3 Å². The van der Waals surface area contributed by atoms with Crippen LogP contribution in [0.25, 0.3) is 11.1 Å². The number of amides is 2. The lowest BCUT2D eigenvalue weighted by atomic mass is 9.87. The van der Waals surface area contributed by atoms with Crippen LogP contribution in [-0.4, -0.2) is 44.5 Å². The Balaban J connectivity index is 1.17. The van der Waals surface area contributed by atoms with Crippen LogP contribution < -0.4 is 5.32 Å². The van der Waals surface area contributed by atoms with Gasteiger partial charge in [-0.2, -0.15) is 5.10 Å². The molecule has 2 fully saturated rings. The van der Waals surface area contributed by atoms with Gasteiger partial charge in [0.2, 0.25) is 5.91 Å². The number of rotatable bonds is 8. The van der Waals surface area contributed by atoms with Gasteiger partial charge in [-0.15, -0.1) is 0 Å². The number of aromatic nitrogens is 2. The summed E-state index contributed by atoms with van der Waals surface area (Å²) in [6, 6.07) is 21.1. The molecule has 4 aromatic rings. The number of aromatic carboxylic acids is 1. The van der Waals surface area contributed by atoms with Crippen molar-refractivity contribution in [3.8, 4) is 11.1 Å². The number of carboxylic acid groups (broad SMARTS) is 1. The van der Waals surface area contributed by atoms with E-state index in [-0.39, 0.29) is 29.2 Å². The maximum Gasteiger partial charge on any atom is 0.335 e. The van der Waals surface area contributed by atoms with E-state index in [1.165, 1.54) is 5.56 Å². The molecule has 0 saturated heterocycles. The first-order chi connectivity index (χ1) is 20.5. The zero-order chi connectivity index (χ0) is 28.8. The zero-order valence-corrected chi connectivity index (χ0v) is 23.2. The van der Waals surface area contributed by atoms with Gasteiger partial charge in [0.15, 0.2) is 0 Å². The highest BCUT2D eigenvalue weighted by molar-refractivity contribution is 5.96. The Morgan fingerprint density at radius 2 is 1.83 bits per heavy atom. The molecule has 0 unspecified atom stereocenters. The van der Waals surface area contributed by atoms with Crippen molar-refractivity contribution in [3.63, 3.8) is 0 Å². The molecular formula is C34H32N4O4. The number of aromatic amines is 1. The average Bonchev–Trinajstić information content (AvgIpc) is 3.97. The van der Waals surface area contributed by atoms with Gasteiger partial charge in [0.05, 0.1) is 23.0 Å². The highest BCUT2D eigenvalue weighted by Crippen LogP contribution is 2.47. The lowest BCUT2D eigenvalue weighted by molar-refractivity contribution is -0.122. The van der Waals surface area contributed by atoms with Crippen molar-refractivity contribution in [3.05, 3.63) is 112 Å². The van der Waals surface area contributed by atoms with Gasteiger partial charge in [-0.3, -0.25) is 14.7 Å². The van der Waals surface area contributed by atoms with E-state index in [0.717, 1.165) is 52.8 Å². The highest BCUT2D eigenvalue weighted by Gasteiger charge is 2.43. The summed E-state index contributed by atoms with van der Waals surface area (Å²) in [4.78, 5) is 40.3. The summed E-state index contributed by atoms with van der Waals surface area (Å²) in [7, 11) is 0. The second-order valence-corrected chi connectivity index (χ2v) is 11.6. The average molecular weight is 561 g/mol. The molecule has 0 bridgehead atoms. The predicted octanol–water partition coefficient (Wildman–Crippen LogP) is 5.27. The van der Waals surface area contributed by atoms with E-state index in [4.69, 9.17) is 0 Å². The topological polar surface area (TPSA) is 115 Å². The van der Waals surface area contributed by atoms with E-state index in [9.17, 15) is 19.5 Å². The van der Waals surface area contributed by atoms with Gasteiger partial charge in [0, 0.05) is 31.5 Å². The summed E-state index contributed by atoms with van der Waals surface area (Å²) < 4.78 is 0. The second kappa shape index (κ2) is 10.6. The molecule has 1 aliphatic heterocycles. The van der Waals surface area contributed by atoms with E-state index in [2.05, 4.69) is 27.6 Å². The summed E-state index contributed by atoms with van der Waals surface area (Å²) in [5, 5.41) is 19.9. The van der Waals surface area contributed by atoms with Crippen LogP contribution in [0.3, 0.4) is 0 Å². The van der Waals surface area contributed by atoms with Gasteiger partial charge in [0.25, 0.3) is 5.91 Å². The van der Waals surface area contributed by atoms with Crippen molar-refractivity contribution in [2.45, 2.75) is 50.6 Å². The third-order valence-electron chi connectivity index (χ3n) is 8.91. The van der Waals surface area contributed by atoms with Crippen molar-refractivity contribution >= 4 is 17.8 Å². The van der Waals surface area contributed by atoms with Gasteiger partial charge in [-0.05, 0) is 77.1 Å². The lowest BCUT2D eigenvalue weighted by Crippen LogP contribution is -2.37. The van der Waals surface area contributed by atoms with Gasteiger partial charge >= 0.3 is 5.97 Å². The predicted molar refractivity (Wildman–Crippen MR) is 157 cm³/mol. The molecule has 3 N–H and O–H groups in total. The molecule has 212 valence electrons. The molecule has 2 amide bonds. The quantitative estimate of drug-likeness (QED) is 0.272. The van der Waals surface area contributed by atoms with Crippen molar-refractivity contribution in [1.82, 2.24) is 20.4 Å². The minimum Gasteiger partial charge on any atom is -0.478 e. The Bertz CT molecular complexity index is 1690. The van der Waals surface area contributed by atoms with Crippen LogP contribution in [0, 0.1) is 5.92 Å². The zero-order valence-electron chi connectivity index (χ0n) is 23.2. The molecule has 0 radical (unpaired) electrons. The summed E-state index contributed by atoms with van der Waals surface area (Å²) in [5.41, 5.74) is 7.87. The largest absolute Gasteiger partial charge is 0.478 e. The first-order valence-corrected chi connectivity index (χ1v) is 14.6. The number of nitrogens with zero attached hydrogens (tertiary/aromatic N) is 2. The molecule has 1 aromatic heterocycles. The van der Waals surface area contributed by atoms with Gasteiger partial charge in [-0.25, -0.2) is 4.79 Å². The Labute approximate surface area is 243 Å². The minimum atomic E-state index is -0.970. The number of carbonyl (C=O) groups excluding carboxylic acids is 2. The summed E-state index contributed by atoms with van der Waals surface area (Å²) >= 11 is 0. The van der Waals surface area contributed by atoms with Crippen molar-refractivity contribution in [2.24, 2.45) is 5.92 Å². The molecule has 2 atom stereocenters. The molecule has 2 saturated carbocycles. The molecule has 2 heterocycles. The molecule has 0 spiro atoms. The molecule has 2 aliphatic carbocycles. The third kappa shape index (κ3) is 4.98. The Morgan fingerprint density at radius 1 is 1.00 bits per heavy atom. The summed E-state index contributed by atoms with van der Waals surface area (Å²) in [5.74, 6) is -0.346. The number of H-pyrrole nitrogens is 1. The number of nitrogens with one attached hydrogen (secondary N) is 2. The minimum absolute atomic E-state index is 0.0266. The van der Waals surface area contributed by atoms with Crippen molar-refractivity contribution in [2.75, 3.05) is 6.54 Å². The van der Waals surface area contributed by atoms with Crippen molar-refractivity contribution < 1.29 is 19.5 Å². The smallest absolute Gasteiger partial charge is 0.335 e.